The highest BCUT2D eigenvalue weighted by Gasteiger charge is 2.10. The second-order valence-electron chi connectivity index (χ2n) is 3.93. The molecule has 0 radical (unpaired) electrons. The standard InChI is InChI=1S/C11H12N6O3/c1-5(18)14-11-16-9(12)8-10(17-11)13-3-7(15-8)4-20-6(2)19/h3H,4H2,1-2H3,(H3,12,13,14,16,17,18). The van der Waals surface area contributed by atoms with Gasteiger partial charge in [-0.15, -0.1) is 0 Å². The highest BCUT2D eigenvalue weighted by Crippen LogP contribution is 2.16. The lowest BCUT2D eigenvalue weighted by Gasteiger charge is -2.06. The third-order valence-corrected chi connectivity index (χ3v) is 2.19. The van der Waals surface area contributed by atoms with Crippen molar-refractivity contribution in [3.8, 4) is 0 Å². The summed E-state index contributed by atoms with van der Waals surface area (Å²) in [5.41, 5.74) is 6.70. The number of nitrogens with zero attached hydrogens (tertiary/aromatic N) is 4. The number of esters is 1. The van der Waals surface area contributed by atoms with Crippen molar-refractivity contribution < 1.29 is 14.3 Å². The maximum atomic E-state index is 10.9. The minimum atomic E-state index is -0.419. The summed E-state index contributed by atoms with van der Waals surface area (Å²) in [7, 11) is 0. The van der Waals surface area contributed by atoms with Crippen LogP contribution < -0.4 is 11.1 Å². The van der Waals surface area contributed by atoms with Gasteiger partial charge >= 0.3 is 5.97 Å². The quantitative estimate of drug-likeness (QED) is 0.749. The van der Waals surface area contributed by atoms with Gasteiger partial charge in [-0.05, 0) is 0 Å². The van der Waals surface area contributed by atoms with E-state index in [1.54, 1.807) is 0 Å². The number of hydrogen-bond acceptors (Lipinski definition) is 8. The van der Waals surface area contributed by atoms with Crippen LogP contribution in [-0.2, 0) is 20.9 Å². The van der Waals surface area contributed by atoms with Gasteiger partial charge in [-0.3, -0.25) is 14.9 Å². The predicted octanol–water partition coefficient (Wildman–Crippen LogP) is 0.0235. The molecule has 0 spiro atoms. The highest BCUT2D eigenvalue weighted by molar-refractivity contribution is 5.89. The molecule has 0 saturated heterocycles. The second-order valence-corrected chi connectivity index (χ2v) is 3.93. The molecule has 3 N–H and O–H groups in total. The van der Waals surface area contributed by atoms with Gasteiger partial charge in [-0.2, -0.15) is 9.97 Å². The molecule has 9 nitrogen and oxygen atoms in total. The normalized spacial score (nSPS) is 10.3. The van der Waals surface area contributed by atoms with E-state index in [4.69, 9.17) is 10.5 Å². The Morgan fingerprint density at radius 1 is 1.30 bits per heavy atom. The second kappa shape index (κ2) is 5.43. The van der Waals surface area contributed by atoms with Crippen molar-refractivity contribution in [1.29, 1.82) is 0 Å². The first-order chi connectivity index (χ1) is 9.45. The molecule has 0 fully saturated rings. The Labute approximate surface area is 113 Å². The molecule has 2 aromatic heterocycles. The molecule has 2 rings (SSSR count). The first-order valence-corrected chi connectivity index (χ1v) is 5.66. The van der Waals surface area contributed by atoms with Gasteiger partial charge in [0.2, 0.25) is 11.9 Å². The Hall–Kier alpha value is -2.84. The van der Waals surface area contributed by atoms with Gasteiger partial charge in [-0.25, -0.2) is 9.97 Å². The zero-order chi connectivity index (χ0) is 14.7. The molecule has 2 heterocycles. The number of nitrogens with two attached hydrogens (primary N) is 1. The molecule has 0 aliphatic carbocycles. The molecule has 104 valence electrons. The Morgan fingerprint density at radius 2 is 2.05 bits per heavy atom. The maximum Gasteiger partial charge on any atom is 0.303 e. The van der Waals surface area contributed by atoms with Crippen molar-refractivity contribution in [1.82, 2.24) is 19.9 Å². The number of nitrogen functional groups attached to an aromatic ring is 1. The number of nitrogens with one attached hydrogen (secondary N) is 1. The van der Waals surface area contributed by atoms with E-state index in [1.165, 1.54) is 20.0 Å². The maximum absolute atomic E-state index is 10.9. The van der Waals surface area contributed by atoms with Crippen LogP contribution in [0.4, 0.5) is 11.8 Å². The topological polar surface area (TPSA) is 133 Å². The van der Waals surface area contributed by atoms with Crippen LogP contribution in [0.1, 0.15) is 19.5 Å². The lowest BCUT2D eigenvalue weighted by Crippen LogP contribution is -2.11. The first kappa shape index (κ1) is 13.6. The third kappa shape index (κ3) is 3.13. The predicted molar refractivity (Wildman–Crippen MR) is 69.3 cm³/mol. The summed E-state index contributed by atoms with van der Waals surface area (Å²) >= 11 is 0. The monoisotopic (exact) mass is 276 g/mol. The van der Waals surface area contributed by atoms with Crippen LogP contribution in [0.2, 0.25) is 0 Å². The summed E-state index contributed by atoms with van der Waals surface area (Å²) in [5, 5.41) is 2.41. The summed E-state index contributed by atoms with van der Waals surface area (Å²) in [4.78, 5) is 37.8. The average molecular weight is 276 g/mol. The Balaban J connectivity index is 2.36. The Morgan fingerprint density at radius 3 is 2.70 bits per heavy atom. The van der Waals surface area contributed by atoms with E-state index in [-0.39, 0.29) is 35.4 Å². The fraction of sp³-hybridized carbons (Fsp3) is 0.273. The third-order valence-electron chi connectivity index (χ3n) is 2.19. The van der Waals surface area contributed by atoms with Crippen LogP contribution in [0, 0.1) is 0 Å². The van der Waals surface area contributed by atoms with Crippen LogP contribution in [-0.4, -0.2) is 31.8 Å². The number of hydrogen-bond donors (Lipinski definition) is 2. The molecular weight excluding hydrogens is 264 g/mol. The van der Waals surface area contributed by atoms with Crippen molar-refractivity contribution in [3.63, 3.8) is 0 Å². The number of fused-ring (bicyclic) bond motifs is 1. The Kier molecular flexibility index (Phi) is 3.69. The van der Waals surface area contributed by atoms with Crippen LogP contribution in [0.15, 0.2) is 6.20 Å². The number of rotatable bonds is 3. The molecule has 2 aromatic rings. The summed E-state index contributed by atoms with van der Waals surface area (Å²) in [6, 6.07) is 0. The molecule has 1 amide bonds. The van der Waals surface area contributed by atoms with E-state index in [0.29, 0.717) is 5.69 Å². The molecule has 9 heteroatoms. The van der Waals surface area contributed by atoms with Crippen molar-refractivity contribution in [3.05, 3.63) is 11.9 Å². The molecule has 0 aliphatic rings. The summed E-state index contributed by atoms with van der Waals surface area (Å²) in [6.07, 6.45) is 1.41. The minimum Gasteiger partial charge on any atom is -0.459 e. The van der Waals surface area contributed by atoms with Crippen LogP contribution in [0.3, 0.4) is 0 Å². The van der Waals surface area contributed by atoms with Gasteiger partial charge in [-0.1, -0.05) is 0 Å². The average Bonchev–Trinajstić information content (AvgIpc) is 2.35. The molecule has 0 aliphatic heterocycles. The smallest absolute Gasteiger partial charge is 0.303 e. The van der Waals surface area contributed by atoms with Gasteiger partial charge in [0.25, 0.3) is 0 Å². The van der Waals surface area contributed by atoms with Crippen LogP contribution in [0.25, 0.3) is 11.2 Å². The van der Waals surface area contributed by atoms with Gasteiger partial charge in [0.1, 0.15) is 6.61 Å². The lowest BCUT2D eigenvalue weighted by molar-refractivity contribution is -0.142. The van der Waals surface area contributed by atoms with Gasteiger partial charge in [0.15, 0.2) is 17.0 Å². The zero-order valence-corrected chi connectivity index (χ0v) is 10.9. The molecule has 0 aromatic carbocycles. The first-order valence-electron chi connectivity index (χ1n) is 5.66. The summed E-state index contributed by atoms with van der Waals surface area (Å²) in [6.45, 7) is 2.62. The van der Waals surface area contributed by atoms with Crippen LogP contribution >= 0.6 is 0 Å². The molecular formula is C11H12N6O3. The molecule has 0 atom stereocenters. The fourth-order valence-electron chi connectivity index (χ4n) is 1.42. The Bertz CT molecular complexity index is 687. The van der Waals surface area contributed by atoms with Gasteiger partial charge < -0.3 is 10.5 Å². The van der Waals surface area contributed by atoms with E-state index in [0.717, 1.165) is 0 Å². The molecule has 0 unspecified atom stereocenters. The SMILES string of the molecule is CC(=O)Nc1nc(N)c2nc(COC(C)=O)cnc2n1. The number of aromatic nitrogens is 4. The van der Waals surface area contributed by atoms with E-state index < -0.39 is 5.97 Å². The summed E-state index contributed by atoms with van der Waals surface area (Å²) in [5.74, 6) is -0.597. The molecule has 0 bridgehead atoms. The van der Waals surface area contributed by atoms with Gasteiger partial charge in [0.05, 0.1) is 11.9 Å². The number of carbonyl (C=O) groups excluding carboxylic acids is 2. The number of carbonyl (C=O) groups is 2. The van der Waals surface area contributed by atoms with E-state index >= 15 is 0 Å². The number of ether oxygens (including phenoxy) is 1. The lowest BCUT2D eigenvalue weighted by atomic mass is 10.4. The van der Waals surface area contributed by atoms with Crippen molar-refractivity contribution in [2.24, 2.45) is 0 Å². The minimum absolute atomic E-state index is 0.00877. The van der Waals surface area contributed by atoms with E-state index in [1.807, 2.05) is 0 Å². The summed E-state index contributed by atoms with van der Waals surface area (Å²) < 4.78 is 4.81. The van der Waals surface area contributed by atoms with Gasteiger partial charge in [0, 0.05) is 13.8 Å². The largest absolute Gasteiger partial charge is 0.459 e. The van der Waals surface area contributed by atoms with Crippen molar-refractivity contribution in [2.45, 2.75) is 20.5 Å². The van der Waals surface area contributed by atoms with Crippen molar-refractivity contribution >= 4 is 34.8 Å². The highest BCUT2D eigenvalue weighted by atomic mass is 16.5. The zero-order valence-electron chi connectivity index (χ0n) is 10.9. The fourth-order valence-corrected chi connectivity index (χ4v) is 1.42. The number of amides is 1. The molecule has 0 saturated carbocycles. The van der Waals surface area contributed by atoms with Crippen molar-refractivity contribution in [2.75, 3.05) is 11.1 Å². The van der Waals surface area contributed by atoms with E-state index in [2.05, 4.69) is 25.3 Å². The number of anilines is 2. The van der Waals surface area contributed by atoms with Crippen LogP contribution in [0.5, 0.6) is 0 Å². The molecule has 20 heavy (non-hydrogen) atoms. The van der Waals surface area contributed by atoms with E-state index in [9.17, 15) is 9.59 Å².